The van der Waals surface area contributed by atoms with E-state index in [0.717, 1.165) is 30.0 Å². The molecule has 2 rings (SSSR count). The van der Waals surface area contributed by atoms with E-state index in [1.807, 2.05) is 31.2 Å². The van der Waals surface area contributed by atoms with Crippen LogP contribution in [0.1, 0.15) is 26.1 Å². The molecule has 5 nitrogen and oxygen atoms in total. The van der Waals surface area contributed by atoms with Gasteiger partial charge in [0.2, 0.25) is 0 Å². The van der Waals surface area contributed by atoms with Gasteiger partial charge in [-0.15, -0.1) is 0 Å². The first-order valence-electron chi connectivity index (χ1n) is 6.52. The van der Waals surface area contributed by atoms with E-state index in [9.17, 15) is 0 Å². The summed E-state index contributed by atoms with van der Waals surface area (Å²) in [5, 5.41) is 0. The number of nitrogen functional groups attached to an aromatic ring is 2. The molecule has 102 valence electrons. The number of aryl methyl sites for hydroxylation is 1. The number of nitrogens with zero attached hydrogens (tertiary/aromatic N) is 2. The molecule has 2 aromatic rings. The summed E-state index contributed by atoms with van der Waals surface area (Å²) in [5.74, 6) is 8.02. The Hall–Kier alpha value is -2.17. The van der Waals surface area contributed by atoms with E-state index in [2.05, 4.69) is 11.9 Å². The third kappa shape index (κ3) is 2.65. The van der Waals surface area contributed by atoms with E-state index in [-0.39, 0.29) is 0 Å². The summed E-state index contributed by atoms with van der Waals surface area (Å²) in [6, 6.07) is 7.72. The lowest BCUT2D eigenvalue weighted by molar-refractivity contribution is 0.340. The number of anilines is 1. The molecule has 0 aliphatic rings. The number of aromatic nitrogens is 2. The maximum Gasteiger partial charge on any atom is 0.150 e. The molecule has 0 atom stereocenters. The lowest BCUT2D eigenvalue weighted by Crippen LogP contribution is -2.15. The molecular weight excluding hydrogens is 240 g/mol. The molecule has 0 saturated carbocycles. The molecule has 1 aromatic carbocycles. The van der Waals surface area contributed by atoms with Gasteiger partial charge in [-0.3, -0.25) is 0 Å². The number of imidazole rings is 1. The first-order valence-corrected chi connectivity index (χ1v) is 6.52. The molecule has 19 heavy (non-hydrogen) atoms. The Kier molecular flexibility index (Phi) is 3.94. The highest BCUT2D eigenvalue weighted by Gasteiger charge is 2.14. The van der Waals surface area contributed by atoms with Crippen molar-refractivity contribution in [2.75, 3.05) is 18.2 Å². The van der Waals surface area contributed by atoms with Crippen LogP contribution in [0, 0.1) is 0 Å². The summed E-state index contributed by atoms with van der Waals surface area (Å²) in [5.41, 5.74) is 7.66. The van der Waals surface area contributed by atoms with E-state index in [4.69, 9.17) is 16.3 Å². The topological polar surface area (TPSA) is 79.1 Å². The fourth-order valence-electron chi connectivity index (χ4n) is 2.01. The number of hydrogen-bond acceptors (Lipinski definition) is 4. The van der Waals surface area contributed by atoms with Crippen molar-refractivity contribution in [3.8, 4) is 17.0 Å². The number of nitrogens with two attached hydrogens (primary N) is 2. The van der Waals surface area contributed by atoms with Gasteiger partial charge in [0.1, 0.15) is 17.3 Å². The highest BCUT2D eigenvalue weighted by molar-refractivity contribution is 5.72. The fourth-order valence-corrected chi connectivity index (χ4v) is 2.01. The molecule has 0 fully saturated rings. The third-order valence-corrected chi connectivity index (χ3v) is 2.91. The fraction of sp³-hybridized carbons (Fsp3) is 0.357. The zero-order chi connectivity index (χ0) is 13.8. The van der Waals surface area contributed by atoms with Crippen LogP contribution in [0.25, 0.3) is 11.3 Å². The number of ether oxygens (including phenoxy) is 1. The van der Waals surface area contributed by atoms with E-state index in [1.165, 1.54) is 4.68 Å². The maximum atomic E-state index is 6.02. The van der Waals surface area contributed by atoms with Crippen molar-refractivity contribution in [3.63, 3.8) is 0 Å². The Morgan fingerprint density at radius 2 is 2.11 bits per heavy atom. The van der Waals surface area contributed by atoms with E-state index in [0.29, 0.717) is 18.1 Å². The molecule has 0 spiro atoms. The molecule has 0 aliphatic carbocycles. The van der Waals surface area contributed by atoms with Crippen LogP contribution in [0.2, 0.25) is 0 Å². The van der Waals surface area contributed by atoms with Gasteiger partial charge < -0.3 is 16.3 Å². The van der Waals surface area contributed by atoms with Gasteiger partial charge in [-0.1, -0.05) is 19.1 Å². The van der Waals surface area contributed by atoms with Crippen LogP contribution >= 0.6 is 0 Å². The molecular formula is C14H20N4O. The second kappa shape index (κ2) is 5.65. The third-order valence-electron chi connectivity index (χ3n) is 2.91. The van der Waals surface area contributed by atoms with Crippen LogP contribution in [0.5, 0.6) is 5.75 Å². The highest BCUT2D eigenvalue weighted by Crippen LogP contribution is 2.28. The van der Waals surface area contributed by atoms with Crippen molar-refractivity contribution in [1.29, 1.82) is 0 Å². The molecule has 5 heteroatoms. The molecule has 4 N–H and O–H groups in total. The van der Waals surface area contributed by atoms with Gasteiger partial charge >= 0.3 is 0 Å². The van der Waals surface area contributed by atoms with E-state index < -0.39 is 0 Å². The Labute approximate surface area is 113 Å². The summed E-state index contributed by atoms with van der Waals surface area (Å²) in [6.07, 6.45) is 1.79. The van der Waals surface area contributed by atoms with Gasteiger partial charge in [-0.25, -0.2) is 9.66 Å². The van der Waals surface area contributed by atoms with Crippen LogP contribution < -0.4 is 16.3 Å². The normalized spacial score (nSPS) is 10.6. The van der Waals surface area contributed by atoms with Crippen LogP contribution in [-0.4, -0.2) is 16.3 Å². The Morgan fingerprint density at radius 3 is 2.79 bits per heavy atom. The monoisotopic (exact) mass is 260 g/mol. The zero-order valence-electron chi connectivity index (χ0n) is 11.4. The summed E-state index contributed by atoms with van der Waals surface area (Å²) < 4.78 is 6.95. The Morgan fingerprint density at radius 1 is 1.32 bits per heavy atom. The quantitative estimate of drug-likeness (QED) is 0.808. The second-order valence-electron chi connectivity index (χ2n) is 4.34. The van der Waals surface area contributed by atoms with Crippen molar-refractivity contribution < 1.29 is 4.74 Å². The molecule has 0 amide bonds. The standard InChI is InChI=1S/C14H20N4O/c1-3-6-12-17-13(14(15)18(12)16)10-7-5-8-11(9-10)19-4-2/h5,7-9H,3-4,6,15-16H2,1-2H3. The smallest absolute Gasteiger partial charge is 0.150 e. The number of hydrogen-bond donors (Lipinski definition) is 2. The lowest BCUT2D eigenvalue weighted by atomic mass is 10.1. The van der Waals surface area contributed by atoms with Crippen molar-refractivity contribution in [3.05, 3.63) is 30.1 Å². The SMILES string of the molecule is CCCc1nc(-c2cccc(OCC)c2)c(N)n1N. The maximum absolute atomic E-state index is 6.02. The van der Waals surface area contributed by atoms with Gasteiger partial charge in [0.05, 0.1) is 6.61 Å². The van der Waals surface area contributed by atoms with Gasteiger partial charge in [0.15, 0.2) is 5.82 Å². The Bertz CT molecular complexity index is 563. The molecule has 0 aliphatic heterocycles. The zero-order valence-corrected chi connectivity index (χ0v) is 11.4. The first-order chi connectivity index (χ1) is 9.17. The van der Waals surface area contributed by atoms with Gasteiger partial charge in [-0.05, 0) is 25.5 Å². The molecule has 1 heterocycles. The van der Waals surface area contributed by atoms with Crippen molar-refractivity contribution >= 4 is 5.82 Å². The van der Waals surface area contributed by atoms with E-state index in [1.54, 1.807) is 0 Å². The summed E-state index contributed by atoms with van der Waals surface area (Å²) in [7, 11) is 0. The average molecular weight is 260 g/mol. The van der Waals surface area contributed by atoms with Gasteiger partial charge in [-0.2, -0.15) is 0 Å². The largest absolute Gasteiger partial charge is 0.494 e. The molecule has 0 saturated heterocycles. The summed E-state index contributed by atoms with van der Waals surface area (Å²) in [6.45, 7) is 4.67. The molecule has 0 unspecified atom stereocenters. The van der Waals surface area contributed by atoms with Crippen LogP contribution in [-0.2, 0) is 6.42 Å². The molecule has 0 bridgehead atoms. The van der Waals surface area contributed by atoms with Crippen LogP contribution in [0.3, 0.4) is 0 Å². The average Bonchev–Trinajstić information content (AvgIpc) is 2.69. The minimum absolute atomic E-state index is 0.483. The number of benzene rings is 1. The predicted octanol–water partition coefficient (Wildman–Crippen LogP) is 2.20. The van der Waals surface area contributed by atoms with Crippen molar-refractivity contribution in [2.24, 2.45) is 0 Å². The number of rotatable bonds is 5. The van der Waals surface area contributed by atoms with E-state index >= 15 is 0 Å². The molecule has 0 radical (unpaired) electrons. The first kappa shape index (κ1) is 13.3. The Balaban J connectivity index is 2.41. The summed E-state index contributed by atoms with van der Waals surface area (Å²) >= 11 is 0. The van der Waals surface area contributed by atoms with Crippen molar-refractivity contribution in [1.82, 2.24) is 9.66 Å². The van der Waals surface area contributed by atoms with Crippen molar-refractivity contribution in [2.45, 2.75) is 26.7 Å². The van der Waals surface area contributed by atoms with Crippen LogP contribution in [0.4, 0.5) is 5.82 Å². The second-order valence-corrected chi connectivity index (χ2v) is 4.34. The van der Waals surface area contributed by atoms with Crippen LogP contribution in [0.15, 0.2) is 24.3 Å². The molecule has 1 aromatic heterocycles. The van der Waals surface area contributed by atoms with Gasteiger partial charge in [0, 0.05) is 12.0 Å². The highest BCUT2D eigenvalue weighted by atomic mass is 16.5. The minimum atomic E-state index is 0.483. The summed E-state index contributed by atoms with van der Waals surface area (Å²) in [4.78, 5) is 4.53. The minimum Gasteiger partial charge on any atom is -0.494 e. The van der Waals surface area contributed by atoms with Gasteiger partial charge in [0.25, 0.3) is 0 Å². The predicted molar refractivity (Wildman–Crippen MR) is 77.4 cm³/mol. The lowest BCUT2D eigenvalue weighted by Gasteiger charge is -2.05.